The number of nitrogens with one attached hydrogen (secondary N) is 1. The Balaban J connectivity index is 1.58. The van der Waals surface area contributed by atoms with E-state index in [0.717, 1.165) is 36.5 Å². The normalized spacial score (nSPS) is 18.9. The van der Waals surface area contributed by atoms with Crippen molar-refractivity contribution < 1.29 is 5.11 Å². The number of likely N-dealkylation sites (tertiary alicyclic amines) is 1. The zero-order chi connectivity index (χ0) is 15.5. The summed E-state index contributed by atoms with van der Waals surface area (Å²) in [5.41, 5.74) is 2.16. The molecule has 0 bridgehead atoms. The van der Waals surface area contributed by atoms with E-state index in [2.05, 4.69) is 27.8 Å². The van der Waals surface area contributed by atoms with Crippen molar-refractivity contribution in [3.63, 3.8) is 0 Å². The van der Waals surface area contributed by atoms with E-state index in [4.69, 9.17) is 4.98 Å². The smallest absolute Gasteiger partial charge is 0.126 e. The Hall–Kier alpha value is -1.43. The molecule has 0 amide bonds. The van der Waals surface area contributed by atoms with Crippen LogP contribution in [0.3, 0.4) is 0 Å². The molecule has 1 fully saturated rings. The second-order valence-corrected chi connectivity index (χ2v) is 6.31. The van der Waals surface area contributed by atoms with Crippen LogP contribution in [0.25, 0.3) is 11.0 Å². The van der Waals surface area contributed by atoms with Gasteiger partial charge < -0.3 is 19.9 Å². The molecule has 2 heterocycles. The molecule has 2 unspecified atom stereocenters. The molecule has 2 aromatic rings. The third-order valence-corrected chi connectivity index (χ3v) is 4.54. The van der Waals surface area contributed by atoms with Crippen molar-refractivity contribution in [1.29, 1.82) is 0 Å². The zero-order valence-electron chi connectivity index (χ0n) is 13.5. The topological polar surface area (TPSA) is 53.3 Å². The van der Waals surface area contributed by atoms with Crippen molar-refractivity contribution in [2.24, 2.45) is 7.05 Å². The van der Waals surface area contributed by atoms with E-state index in [-0.39, 0.29) is 12.1 Å². The fraction of sp³-hybridized carbons (Fsp3) is 0.588. The largest absolute Gasteiger partial charge is 0.390 e. The molecule has 1 aromatic heterocycles. The highest BCUT2D eigenvalue weighted by atomic mass is 16.3. The predicted octanol–water partition coefficient (Wildman–Crippen LogP) is 1.68. The summed E-state index contributed by atoms with van der Waals surface area (Å²) in [6.45, 7) is 5.71. The quantitative estimate of drug-likeness (QED) is 0.852. The number of nitrogens with zero attached hydrogens (tertiary/aromatic N) is 3. The number of benzene rings is 1. The van der Waals surface area contributed by atoms with Crippen LogP contribution < -0.4 is 5.32 Å². The van der Waals surface area contributed by atoms with E-state index in [0.29, 0.717) is 6.54 Å². The first-order valence-electron chi connectivity index (χ1n) is 8.20. The predicted molar refractivity (Wildman–Crippen MR) is 88.8 cm³/mol. The average Bonchev–Trinajstić information content (AvgIpc) is 3.13. The molecule has 3 rings (SSSR count). The van der Waals surface area contributed by atoms with Crippen LogP contribution in [0.15, 0.2) is 24.3 Å². The molecule has 5 heteroatoms. The number of para-hydroxylation sites is 2. The van der Waals surface area contributed by atoms with Gasteiger partial charge in [0.25, 0.3) is 0 Å². The van der Waals surface area contributed by atoms with Gasteiger partial charge >= 0.3 is 0 Å². The Kier molecular flexibility index (Phi) is 4.76. The lowest BCUT2D eigenvalue weighted by atomic mass is 10.2. The number of fused-ring (bicyclic) bond motifs is 1. The minimum Gasteiger partial charge on any atom is -0.390 e. The van der Waals surface area contributed by atoms with E-state index in [1.165, 1.54) is 12.8 Å². The summed E-state index contributed by atoms with van der Waals surface area (Å²) in [4.78, 5) is 7.04. The first kappa shape index (κ1) is 15.5. The lowest BCUT2D eigenvalue weighted by molar-refractivity contribution is 0.120. The van der Waals surface area contributed by atoms with Crippen LogP contribution in [0.5, 0.6) is 0 Å². The molecule has 2 atom stereocenters. The molecule has 0 spiro atoms. The van der Waals surface area contributed by atoms with Crippen molar-refractivity contribution in [1.82, 2.24) is 19.8 Å². The SMILES string of the molecule is CC(NCC(O)CN1CCCC1)c1nc2ccccc2n1C. The molecular weight excluding hydrogens is 276 g/mol. The second kappa shape index (κ2) is 6.77. The summed E-state index contributed by atoms with van der Waals surface area (Å²) in [5.74, 6) is 1.01. The summed E-state index contributed by atoms with van der Waals surface area (Å²) < 4.78 is 2.12. The lowest BCUT2D eigenvalue weighted by Gasteiger charge is -2.21. The maximum Gasteiger partial charge on any atom is 0.126 e. The number of aromatic nitrogens is 2. The second-order valence-electron chi connectivity index (χ2n) is 6.31. The minimum absolute atomic E-state index is 0.116. The van der Waals surface area contributed by atoms with Crippen LogP contribution in [-0.4, -0.2) is 51.8 Å². The standard InChI is InChI=1S/C17H26N4O/c1-13(18-11-14(22)12-21-9-5-6-10-21)17-19-15-7-3-4-8-16(15)20(17)2/h3-4,7-8,13-14,18,22H,5-6,9-12H2,1-2H3. The molecule has 0 aliphatic carbocycles. The number of hydrogen-bond donors (Lipinski definition) is 2. The van der Waals surface area contributed by atoms with E-state index >= 15 is 0 Å². The van der Waals surface area contributed by atoms with Crippen molar-refractivity contribution in [3.8, 4) is 0 Å². The number of aliphatic hydroxyl groups excluding tert-OH is 1. The molecule has 1 aliphatic heterocycles. The van der Waals surface area contributed by atoms with E-state index in [1.54, 1.807) is 0 Å². The number of β-amino-alcohol motifs (C(OH)–C–C–N with tert-alkyl or cyclic N) is 1. The molecule has 1 saturated heterocycles. The first-order valence-corrected chi connectivity index (χ1v) is 8.20. The van der Waals surface area contributed by atoms with Gasteiger partial charge in [-0.3, -0.25) is 0 Å². The minimum atomic E-state index is -0.324. The van der Waals surface area contributed by atoms with Crippen LogP contribution in [0, 0.1) is 0 Å². The van der Waals surface area contributed by atoms with Crippen LogP contribution in [-0.2, 0) is 7.05 Å². The summed E-state index contributed by atoms with van der Waals surface area (Å²) in [7, 11) is 2.05. The van der Waals surface area contributed by atoms with Gasteiger partial charge in [0.2, 0.25) is 0 Å². The third kappa shape index (κ3) is 3.32. The van der Waals surface area contributed by atoms with Crippen LogP contribution in [0.1, 0.15) is 31.6 Å². The first-order chi connectivity index (χ1) is 10.6. The molecule has 0 saturated carbocycles. The van der Waals surface area contributed by atoms with Gasteiger partial charge in [0.15, 0.2) is 0 Å². The number of aliphatic hydroxyl groups is 1. The Morgan fingerprint density at radius 1 is 1.27 bits per heavy atom. The van der Waals surface area contributed by atoms with Crippen molar-refractivity contribution in [3.05, 3.63) is 30.1 Å². The number of aryl methyl sites for hydroxylation is 1. The lowest BCUT2D eigenvalue weighted by Crippen LogP contribution is -2.38. The molecule has 1 aromatic carbocycles. The Bertz CT molecular complexity index is 618. The van der Waals surface area contributed by atoms with Gasteiger partial charge in [0, 0.05) is 20.1 Å². The molecular formula is C17H26N4O. The summed E-state index contributed by atoms with van der Waals surface area (Å²) in [6, 6.07) is 8.28. The van der Waals surface area contributed by atoms with Crippen molar-refractivity contribution >= 4 is 11.0 Å². The Morgan fingerprint density at radius 3 is 2.73 bits per heavy atom. The van der Waals surface area contributed by atoms with Gasteiger partial charge in [0.1, 0.15) is 5.82 Å². The number of imidazole rings is 1. The molecule has 2 N–H and O–H groups in total. The molecule has 0 radical (unpaired) electrons. The molecule has 1 aliphatic rings. The van der Waals surface area contributed by atoms with Gasteiger partial charge in [-0.25, -0.2) is 4.98 Å². The molecule has 5 nitrogen and oxygen atoms in total. The van der Waals surface area contributed by atoms with Gasteiger partial charge in [-0.15, -0.1) is 0 Å². The van der Waals surface area contributed by atoms with E-state index in [1.807, 2.05) is 25.2 Å². The Labute approximate surface area is 131 Å². The zero-order valence-corrected chi connectivity index (χ0v) is 13.5. The van der Waals surface area contributed by atoms with Crippen molar-refractivity contribution in [2.45, 2.75) is 31.9 Å². The molecule has 120 valence electrons. The van der Waals surface area contributed by atoms with Crippen LogP contribution >= 0.6 is 0 Å². The monoisotopic (exact) mass is 302 g/mol. The van der Waals surface area contributed by atoms with E-state index in [9.17, 15) is 5.11 Å². The van der Waals surface area contributed by atoms with Gasteiger partial charge in [0.05, 0.1) is 23.2 Å². The fourth-order valence-electron chi connectivity index (χ4n) is 3.28. The van der Waals surface area contributed by atoms with Crippen LogP contribution in [0.2, 0.25) is 0 Å². The van der Waals surface area contributed by atoms with Gasteiger partial charge in [-0.1, -0.05) is 12.1 Å². The average molecular weight is 302 g/mol. The summed E-state index contributed by atoms with van der Waals surface area (Å²) >= 11 is 0. The number of rotatable bonds is 6. The number of hydrogen-bond acceptors (Lipinski definition) is 4. The maximum absolute atomic E-state index is 10.2. The molecule has 22 heavy (non-hydrogen) atoms. The fourth-order valence-corrected chi connectivity index (χ4v) is 3.28. The highest BCUT2D eigenvalue weighted by molar-refractivity contribution is 5.75. The van der Waals surface area contributed by atoms with E-state index < -0.39 is 0 Å². The third-order valence-electron chi connectivity index (χ3n) is 4.54. The van der Waals surface area contributed by atoms with Gasteiger partial charge in [-0.2, -0.15) is 0 Å². The summed E-state index contributed by atoms with van der Waals surface area (Å²) in [6.07, 6.45) is 2.20. The van der Waals surface area contributed by atoms with Crippen molar-refractivity contribution in [2.75, 3.05) is 26.2 Å². The van der Waals surface area contributed by atoms with Crippen LogP contribution in [0.4, 0.5) is 0 Å². The summed E-state index contributed by atoms with van der Waals surface area (Å²) in [5, 5.41) is 13.6. The van der Waals surface area contributed by atoms with Gasteiger partial charge in [-0.05, 0) is 45.0 Å². The maximum atomic E-state index is 10.2. The Morgan fingerprint density at radius 2 is 2.00 bits per heavy atom. The highest BCUT2D eigenvalue weighted by Crippen LogP contribution is 2.19. The highest BCUT2D eigenvalue weighted by Gasteiger charge is 2.18.